The van der Waals surface area contributed by atoms with Gasteiger partial charge in [0, 0.05) is 7.11 Å². The number of aliphatic hydroxyl groups excluding tert-OH is 41. The van der Waals surface area contributed by atoms with Crippen molar-refractivity contribution in [2.75, 3.05) is 92.9 Å². The lowest BCUT2D eigenvalue weighted by molar-refractivity contribution is -0.409. The number of ketones is 1. The second-order valence-electron chi connectivity index (χ2n) is 29.3. The van der Waals surface area contributed by atoms with Crippen molar-refractivity contribution in [1.29, 1.82) is 0 Å². The molecule has 8 heterocycles. The van der Waals surface area contributed by atoms with Crippen LogP contribution in [-0.4, -0.2) is 620 Å². The van der Waals surface area contributed by atoms with Gasteiger partial charge in [-0.15, -0.1) is 0 Å². The van der Waals surface area contributed by atoms with Gasteiger partial charge in [-0.05, 0) is 0 Å². The van der Waals surface area contributed by atoms with Crippen LogP contribution in [-0.2, 0) is 71.2 Å². The van der Waals surface area contributed by atoms with Crippen LogP contribution in [0.1, 0.15) is 0 Å². The number of hydrogen-bond acceptors (Lipinski definition) is 62. The number of Topliss-reactive ketones (excluding diaryl/α,β-unsaturated/α-hetero) is 1. The summed E-state index contributed by atoms with van der Waals surface area (Å²) in [5.74, 6) is -3.28. The molecule has 0 aromatic carbocycles. The molecule has 0 aromatic heterocycles. The van der Waals surface area contributed by atoms with Gasteiger partial charge in [-0.3, -0.25) is 4.79 Å². The summed E-state index contributed by atoms with van der Waals surface area (Å²) < 4.78 is 62.0. The molecule has 8 aliphatic rings. The van der Waals surface area contributed by atoms with E-state index in [0.717, 1.165) is 0 Å². The maximum absolute atomic E-state index is 10.9. The lowest BCUT2D eigenvalue weighted by Gasteiger charge is -2.47. The molecule has 8 saturated heterocycles. The van der Waals surface area contributed by atoms with Crippen LogP contribution in [0.5, 0.6) is 0 Å². The summed E-state index contributed by atoms with van der Waals surface area (Å²) >= 11 is 0. The van der Waals surface area contributed by atoms with Crippen molar-refractivity contribution in [2.24, 2.45) is 34.4 Å². The van der Waals surface area contributed by atoms with Crippen molar-refractivity contribution in [2.45, 2.75) is 300 Å². The van der Waals surface area contributed by atoms with Gasteiger partial charge < -0.3 is 310 Å². The highest BCUT2D eigenvalue weighted by molar-refractivity contribution is 5.85. The molecule has 8 aliphatic heterocycles. The predicted octanol–water partition coefficient (Wildman–Crippen LogP) is -31.7. The molecule has 0 aliphatic carbocycles. The van der Waals surface area contributed by atoms with Gasteiger partial charge in [0.05, 0.1) is 91.3 Å². The quantitative estimate of drug-likeness (QED) is 0.0297. The Hall–Kier alpha value is -3.35. The zero-order valence-electron chi connectivity index (χ0n) is 68.0. The van der Waals surface area contributed by atoms with Crippen LogP contribution in [0.25, 0.3) is 0 Å². The molecule has 62 heteroatoms. The molecular weight excluding hydrogens is 1770 g/mol. The summed E-state index contributed by atoms with van der Waals surface area (Å²) in [6.45, 7) is -8.24. The smallest absolute Gasteiger partial charge is 0.224 e. The first-order chi connectivity index (χ1) is 59.7. The van der Waals surface area contributed by atoms with Crippen LogP contribution in [0.2, 0.25) is 0 Å². The van der Waals surface area contributed by atoms with E-state index in [2.05, 4.69) is 0 Å². The van der Waals surface area contributed by atoms with E-state index in [-0.39, 0.29) is 19.2 Å². The number of nitrogens with two attached hydrogens (primary N) is 6. The molecule has 128 heavy (non-hydrogen) atoms. The normalized spacial score (nSPS) is 42.0. The Morgan fingerprint density at radius 2 is 0.711 bits per heavy atom. The first-order valence-electron chi connectivity index (χ1n) is 38.6. The maximum Gasteiger partial charge on any atom is 0.224 e. The van der Waals surface area contributed by atoms with Gasteiger partial charge in [0.1, 0.15) is 276 Å². The van der Waals surface area contributed by atoms with Crippen LogP contribution < -0.4 is 34.4 Å². The van der Waals surface area contributed by atoms with Crippen LogP contribution >= 0.6 is 0 Å². The molecule has 8 fully saturated rings. The zero-order valence-corrected chi connectivity index (χ0v) is 68.0. The van der Waals surface area contributed by atoms with Crippen LogP contribution in [0.15, 0.2) is 0 Å². The molecule has 0 spiro atoms. The van der Waals surface area contributed by atoms with Gasteiger partial charge in [0.2, 0.25) is 5.79 Å². The van der Waals surface area contributed by atoms with Gasteiger partial charge in [-0.25, -0.2) is 0 Å². The molecule has 0 saturated carbocycles. The maximum atomic E-state index is 10.9. The van der Waals surface area contributed by atoms with Crippen LogP contribution in [0.4, 0.5) is 0 Å². The highest BCUT2D eigenvalue weighted by Gasteiger charge is 2.60. The van der Waals surface area contributed by atoms with Crippen molar-refractivity contribution in [3.63, 3.8) is 0 Å². The number of aldehydes is 2. The number of aliphatic hydroxyl groups is 41. The molecule has 1 unspecified atom stereocenters. The largest absolute Gasteiger partial charge is 0.394 e. The van der Waals surface area contributed by atoms with E-state index < -0.39 is 385 Å². The van der Waals surface area contributed by atoms with Crippen molar-refractivity contribution in [3.05, 3.63) is 0 Å². The number of rotatable bonds is 30. The zero-order chi connectivity index (χ0) is 98.9. The molecule has 0 aromatic rings. The van der Waals surface area contributed by atoms with Gasteiger partial charge in [0.25, 0.3) is 0 Å². The lowest BCUT2D eigenvalue weighted by Crippen LogP contribution is -2.66. The standard InChI is InChI=1S/C24H42O21.C7H14O6.5C6H13NO5.C5H11NO4/c25-1-6-10(29)14(33)17(36)21(40-6)39-4-9-12(31)15(34)18(37)22(42-9)43-19-16(35)11(30)7(2-26)41-23(19)45-24(5-28)20(38)13(32)8(3-27)44-24;1-12-7-6(11)5(10)4(9)3(2-8)13-7;2*7-6-5(11)4(10)3(9)2(1-8)12-6;2*7-3(1-8)5(11)6(12)4(10)2-9;7-1-3(9)5(11)6(12)4(10)2-8;6-5-4(9)3(8)2(7)1-10-5/h6-23,25-38H,1-5H2;3-11H,2H2,1H3;2*2-6,8-11H,1,7H2;2*1,3-6,9-12H,2,7H2;4-6,8,10-12H,1-2,7H2;2-5,7-9H,1,6H2/t6-,7-,8-,9-,10+,11-,12+,13-,14+,15+,16+,17-,18-,19-,20+,21+,22-,23-,24+;3-,4-,5+,6-,7+;2-,3+,4+,5-,6+;2-,3-,4+,5-,6+;3-,4+,5+,6+;3-,4-,5-,6-;4-,5-,6-;2-,3-,4-,5?/m11110111/s1. The van der Waals surface area contributed by atoms with Gasteiger partial charge >= 0.3 is 0 Å². The first kappa shape index (κ1) is 123. The molecule has 762 valence electrons. The van der Waals surface area contributed by atoms with Crippen molar-refractivity contribution < 1.29 is 281 Å². The topological polar surface area (TPSA) is 1150 Å². The van der Waals surface area contributed by atoms with E-state index in [0.29, 0.717) is 0 Å². The molecule has 0 amide bonds. The summed E-state index contributed by atoms with van der Waals surface area (Å²) in [4.78, 5) is 30.7. The summed E-state index contributed by atoms with van der Waals surface area (Å²) in [6, 6.07) is -2.53. The summed E-state index contributed by atoms with van der Waals surface area (Å²) in [5, 5.41) is 383. The number of hydrogen-bond donors (Lipinski definition) is 47. The third-order valence-corrected chi connectivity index (χ3v) is 20.2. The summed E-state index contributed by atoms with van der Waals surface area (Å²) in [7, 11) is 1.30. The molecule has 53 N–H and O–H groups in total. The third-order valence-electron chi connectivity index (χ3n) is 20.2. The highest BCUT2D eigenvalue weighted by atomic mass is 16.8. The third kappa shape index (κ3) is 33.8. The first-order valence-corrected chi connectivity index (χ1v) is 38.6. The minimum atomic E-state index is -2.50. The fourth-order valence-corrected chi connectivity index (χ4v) is 11.7. The summed E-state index contributed by atoms with van der Waals surface area (Å²) in [5.41, 5.74) is 30.6. The van der Waals surface area contributed by atoms with E-state index in [1.807, 2.05) is 0 Å². The number of carbonyl (C=O) groups is 3. The Balaban J connectivity index is 0.000000811. The highest BCUT2D eigenvalue weighted by Crippen LogP contribution is 2.38. The van der Waals surface area contributed by atoms with Crippen molar-refractivity contribution in [1.82, 2.24) is 0 Å². The average molecular weight is 1910 g/mol. The van der Waals surface area contributed by atoms with E-state index in [9.17, 15) is 111 Å². The molecule has 62 nitrogen and oxygen atoms in total. The van der Waals surface area contributed by atoms with Crippen LogP contribution in [0.3, 0.4) is 0 Å². The second kappa shape index (κ2) is 59.6. The monoisotopic (exact) mass is 1900 g/mol. The van der Waals surface area contributed by atoms with E-state index in [1.165, 1.54) is 7.11 Å². The van der Waals surface area contributed by atoms with Crippen molar-refractivity contribution in [3.8, 4) is 0 Å². The molecule has 0 bridgehead atoms. The second-order valence-corrected chi connectivity index (χ2v) is 29.3. The SMILES string of the molecule is CO[C@H]1O[C@H](CO)[C@@H](O)[C@H](O)[C@H]1O.NC1OC[C@@H](O)[C@@H](O)[C@H]1O.NCC(=O)[C@@H](O)[C@H](O)[C@H](O)CO.N[C@@H](C=O)[C@@H](O)[C@H](O)[C@H](O)CO.N[C@H](C=O)[C@@H](O)[C@H](O)[C@H](O)CO.N[C@H]1O[C@H](CO)[C@@H](O)[C@H](O)[C@H]1O.N[C@H]1O[C@H](CO)[C@H](O)[C@H](O)[C@H]1O.OC[C@H]1O[C@H](OC[C@H]2O[C@H](O[C@H]3[C@@H](O[C@]4(CO)O[C@H](CO)[C@@H](O)[C@@H]4O)O[C@H](CO)[C@@H](O)[C@@H]3O)[C@H](O)[C@@H](O)[C@H]2O)[C@H](O)[C@@H](O)[C@H]1O. The Morgan fingerprint density at radius 3 is 1.06 bits per heavy atom. The minimum Gasteiger partial charge on any atom is -0.394 e. The molecular formula is C66H132N6O56. The Bertz CT molecular complexity index is 2860. The predicted molar refractivity (Wildman–Crippen MR) is 400 cm³/mol. The summed E-state index contributed by atoms with van der Waals surface area (Å²) in [6.07, 6.45) is -68.3. The molecule has 8 rings (SSSR count). The Labute approximate surface area is 724 Å². The number of carbonyl (C=O) groups excluding carboxylic acids is 3. The van der Waals surface area contributed by atoms with Gasteiger partial charge in [0.15, 0.2) is 30.9 Å². The molecule has 0 radical (unpaired) electrons. The lowest BCUT2D eigenvalue weighted by atomic mass is 9.97. The van der Waals surface area contributed by atoms with E-state index in [1.54, 1.807) is 0 Å². The minimum absolute atomic E-state index is 0.0284. The van der Waals surface area contributed by atoms with Gasteiger partial charge in [-0.2, -0.15) is 0 Å². The Kier molecular flexibility index (Phi) is 57.1. The van der Waals surface area contributed by atoms with E-state index >= 15 is 0 Å². The number of ether oxygens (including phenoxy) is 12. The fourth-order valence-electron chi connectivity index (χ4n) is 11.7. The van der Waals surface area contributed by atoms with Gasteiger partial charge in [-0.1, -0.05) is 0 Å². The molecule has 49 atom stereocenters. The fraction of sp³-hybridized carbons (Fsp3) is 0.955. The van der Waals surface area contributed by atoms with Crippen molar-refractivity contribution >= 4 is 18.4 Å². The number of methoxy groups -OCH3 is 1. The average Bonchev–Trinajstić information content (AvgIpc) is 1.47. The van der Waals surface area contributed by atoms with E-state index in [4.69, 9.17) is 204 Å². The van der Waals surface area contributed by atoms with Crippen LogP contribution in [0, 0.1) is 0 Å². The Morgan fingerprint density at radius 1 is 0.383 bits per heavy atom.